The van der Waals surface area contributed by atoms with E-state index >= 15 is 0 Å². The minimum absolute atomic E-state index is 0.460. The molecule has 0 saturated carbocycles. The van der Waals surface area contributed by atoms with Crippen LogP contribution in [0.3, 0.4) is 0 Å². The highest BCUT2D eigenvalue weighted by Gasteiger charge is 2.13. The van der Waals surface area contributed by atoms with Gasteiger partial charge in [-0.25, -0.2) is 4.98 Å². The van der Waals surface area contributed by atoms with Crippen molar-refractivity contribution in [2.24, 2.45) is 0 Å². The number of anilines is 1. The SMILES string of the molecule is COCc1nc(NCC(C)c2c(C)cccc2C)sc1C. The van der Waals surface area contributed by atoms with Crippen molar-refractivity contribution in [2.75, 3.05) is 19.0 Å². The highest BCUT2D eigenvalue weighted by Crippen LogP contribution is 2.26. The summed E-state index contributed by atoms with van der Waals surface area (Å²) in [5.41, 5.74) is 5.19. The Hall–Kier alpha value is -1.39. The molecule has 1 aromatic carbocycles. The van der Waals surface area contributed by atoms with Gasteiger partial charge in [-0.1, -0.05) is 25.1 Å². The number of thiazole rings is 1. The Labute approximate surface area is 131 Å². The summed E-state index contributed by atoms with van der Waals surface area (Å²) >= 11 is 1.70. The van der Waals surface area contributed by atoms with Crippen molar-refractivity contribution < 1.29 is 4.74 Å². The first kappa shape index (κ1) is 16.0. The molecule has 0 bridgehead atoms. The first-order valence-electron chi connectivity index (χ1n) is 7.28. The van der Waals surface area contributed by atoms with Gasteiger partial charge in [0.2, 0.25) is 0 Å². The predicted molar refractivity (Wildman–Crippen MR) is 90.4 cm³/mol. The fourth-order valence-electron chi connectivity index (χ4n) is 2.72. The van der Waals surface area contributed by atoms with E-state index in [4.69, 9.17) is 4.74 Å². The lowest BCUT2D eigenvalue weighted by molar-refractivity contribution is 0.181. The maximum Gasteiger partial charge on any atom is 0.183 e. The van der Waals surface area contributed by atoms with Crippen molar-refractivity contribution in [3.05, 3.63) is 45.5 Å². The highest BCUT2D eigenvalue weighted by atomic mass is 32.1. The van der Waals surface area contributed by atoms with Crippen LogP contribution in [0.4, 0.5) is 5.13 Å². The fraction of sp³-hybridized carbons (Fsp3) is 0.471. The van der Waals surface area contributed by atoms with Crippen LogP contribution in [0.5, 0.6) is 0 Å². The molecule has 3 nitrogen and oxygen atoms in total. The molecule has 1 aromatic heterocycles. The number of ether oxygens (including phenoxy) is 1. The third kappa shape index (κ3) is 3.83. The van der Waals surface area contributed by atoms with Gasteiger partial charge in [0.05, 0.1) is 12.3 Å². The van der Waals surface area contributed by atoms with E-state index in [2.05, 4.69) is 56.2 Å². The van der Waals surface area contributed by atoms with Gasteiger partial charge in [-0.3, -0.25) is 0 Å². The van der Waals surface area contributed by atoms with E-state index in [1.807, 2.05) is 0 Å². The average Bonchev–Trinajstić information content (AvgIpc) is 2.77. The molecular formula is C17H24N2OS. The van der Waals surface area contributed by atoms with Gasteiger partial charge >= 0.3 is 0 Å². The third-order valence-corrected chi connectivity index (χ3v) is 4.74. The smallest absolute Gasteiger partial charge is 0.183 e. The molecule has 21 heavy (non-hydrogen) atoms. The second kappa shape index (κ2) is 7.05. The Morgan fingerprint density at radius 1 is 1.24 bits per heavy atom. The Morgan fingerprint density at radius 3 is 2.52 bits per heavy atom. The summed E-state index contributed by atoms with van der Waals surface area (Å²) in [5.74, 6) is 0.460. The minimum atomic E-state index is 0.460. The maximum atomic E-state index is 5.16. The Balaban J connectivity index is 2.04. The van der Waals surface area contributed by atoms with Crippen LogP contribution in [0.15, 0.2) is 18.2 Å². The van der Waals surface area contributed by atoms with E-state index in [1.54, 1.807) is 18.4 Å². The topological polar surface area (TPSA) is 34.1 Å². The van der Waals surface area contributed by atoms with Crippen LogP contribution in [0.2, 0.25) is 0 Å². The molecule has 1 heterocycles. The standard InChI is InChI=1S/C17H24N2OS/c1-11-7-6-8-12(2)16(11)13(3)9-18-17-19-15(10-20-5)14(4)21-17/h6-8,13H,9-10H2,1-5H3,(H,18,19). The second-order valence-corrected chi connectivity index (χ2v) is 6.75. The number of aromatic nitrogens is 1. The minimum Gasteiger partial charge on any atom is -0.378 e. The first-order valence-corrected chi connectivity index (χ1v) is 8.09. The number of nitrogens with zero attached hydrogens (tertiary/aromatic N) is 1. The van der Waals surface area contributed by atoms with Crippen molar-refractivity contribution in [1.82, 2.24) is 4.98 Å². The molecule has 2 aromatic rings. The number of hydrogen-bond acceptors (Lipinski definition) is 4. The molecule has 0 aliphatic carbocycles. The number of aryl methyl sites for hydroxylation is 3. The van der Waals surface area contributed by atoms with Crippen LogP contribution in [0, 0.1) is 20.8 Å². The summed E-state index contributed by atoms with van der Waals surface area (Å²) < 4.78 is 5.16. The molecule has 4 heteroatoms. The van der Waals surface area contributed by atoms with E-state index in [0.717, 1.165) is 17.4 Å². The van der Waals surface area contributed by atoms with Crippen LogP contribution < -0.4 is 5.32 Å². The van der Waals surface area contributed by atoms with Crippen molar-refractivity contribution >= 4 is 16.5 Å². The van der Waals surface area contributed by atoms with Gasteiger partial charge < -0.3 is 10.1 Å². The third-order valence-electron chi connectivity index (χ3n) is 3.77. The molecule has 0 radical (unpaired) electrons. The van der Waals surface area contributed by atoms with Gasteiger partial charge in [-0.05, 0) is 43.4 Å². The summed E-state index contributed by atoms with van der Waals surface area (Å²) in [6.07, 6.45) is 0. The quantitative estimate of drug-likeness (QED) is 0.857. The zero-order valence-electron chi connectivity index (χ0n) is 13.5. The summed E-state index contributed by atoms with van der Waals surface area (Å²) in [6.45, 7) is 10.2. The predicted octanol–water partition coefficient (Wildman–Crippen LogP) is 4.43. The fourth-order valence-corrected chi connectivity index (χ4v) is 3.55. The summed E-state index contributed by atoms with van der Waals surface area (Å²) in [7, 11) is 1.70. The van der Waals surface area contributed by atoms with Crippen molar-refractivity contribution in [3.8, 4) is 0 Å². The van der Waals surface area contributed by atoms with Crippen LogP contribution in [0.1, 0.15) is 40.1 Å². The summed E-state index contributed by atoms with van der Waals surface area (Å²) in [5, 5.41) is 4.45. The van der Waals surface area contributed by atoms with Gasteiger partial charge in [-0.2, -0.15) is 0 Å². The lowest BCUT2D eigenvalue weighted by Crippen LogP contribution is -2.12. The molecule has 0 spiro atoms. The number of methoxy groups -OCH3 is 1. The summed E-state index contributed by atoms with van der Waals surface area (Å²) in [6, 6.07) is 6.49. The molecule has 114 valence electrons. The van der Waals surface area contributed by atoms with E-state index in [0.29, 0.717) is 12.5 Å². The molecule has 0 amide bonds. The first-order chi connectivity index (χ1) is 10.0. The van der Waals surface area contributed by atoms with E-state index in [1.165, 1.54) is 21.6 Å². The lowest BCUT2D eigenvalue weighted by Gasteiger charge is -2.17. The van der Waals surface area contributed by atoms with E-state index in [9.17, 15) is 0 Å². The molecule has 1 N–H and O–H groups in total. The number of rotatable bonds is 6. The van der Waals surface area contributed by atoms with Gasteiger partial charge in [0.25, 0.3) is 0 Å². The zero-order valence-corrected chi connectivity index (χ0v) is 14.3. The number of nitrogens with one attached hydrogen (secondary N) is 1. The molecule has 0 saturated heterocycles. The number of benzene rings is 1. The molecule has 2 rings (SSSR count). The molecule has 0 fully saturated rings. The zero-order chi connectivity index (χ0) is 15.4. The number of hydrogen-bond donors (Lipinski definition) is 1. The van der Waals surface area contributed by atoms with E-state index in [-0.39, 0.29) is 0 Å². The Morgan fingerprint density at radius 2 is 1.90 bits per heavy atom. The van der Waals surface area contributed by atoms with Crippen molar-refractivity contribution in [3.63, 3.8) is 0 Å². The van der Waals surface area contributed by atoms with E-state index < -0.39 is 0 Å². The molecule has 1 atom stereocenters. The molecular weight excluding hydrogens is 280 g/mol. The van der Waals surface area contributed by atoms with Gasteiger partial charge in [-0.15, -0.1) is 11.3 Å². The monoisotopic (exact) mass is 304 g/mol. The van der Waals surface area contributed by atoms with Crippen LogP contribution in [-0.4, -0.2) is 18.6 Å². The van der Waals surface area contributed by atoms with Gasteiger partial charge in [0, 0.05) is 18.5 Å². The largest absolute Gasteiger partial charge is 0.378 e. The Bertz CT molecular complexity index is 587. The van der Waals surface area contributed by atoms with Gasteiger partial charge in [0.1, 0.15) is 0 Å². The second-order valence-electron chi connectivity index (χ2n) is 5.54. The van der Waals surface area contributed by atoms with Gasteiger partial charge in [0.15, 0.2) is 5.13 Å². The Kier molecular flexibility index (Phi) is 5.37. The van der Waals surface area contributed by atoms with Crippen molar-refractivity contribution in [2.45, 2.75) is 40.2 Å². The average molecular weight is 304 g/mol. The lowest BCUT2D eigenvalue weighted by atomic mass is 9.92. The molecule has 1 unspecified atom stereocenters. The van der Waals surface area contributed by atoms with Crippen molar-refractivity contribution in [1.29, 1.82) is 0 Å². The highest BCUT2D eigenvalue weighted by molar-refractivity contribution is 7.15. The summed E-state index contributed by atoms with van der Waals surface area (Å²) in [4.78, 5) is 5.81. The van der Waals surface area contributed by atoms with Crippen LogP contribution in [0.25, 0.3) is 0 Å². The molecule has 0 aliphatic heterocycles. The maximum absolute atomic E-state index is 5.16. The molecule has 0 aliphatic rings. The van der Waals surface area contributed by atoms with Crippen LogP contribution >= 0.6 is 11.3 Å². The van der Waals surface area contributed by atoms with Crippen LogP contribution in [-0.2, 0) is 11.3 Å². The normalized spacial score (nSPS) is 12.4.